The Hall–Kier alpha value is -1.32. The molecule has 0 saturated carbocycles. The summed E-state index contributed by atoms with van der Waals surface area (Å²) in [5.41, 5.74) is 0. The van der Waals surface area contributed by atoms with Crippen molar-refractivity contribution in [3.63, 3.8) is 0 Å². The second-order valence-corrected chi connectivity index (χ2v) is 1.20. The molecule has 0 aromatic rings. The molecule has 0 amide bonds. The fourth-order valence-corrected chi connectivity index (χ4v) is 0.213. The molecular formula is C5H5O4. The van der Waals surface area contributed by atoms with Crippen molar-refractivity contribution < 1.29 is 19.8 Å². The number of rotatable bonds is 3. The van der Waals surface area contributed by atoms with Crippen molar-refractivity contribution in [3.8, 4) is 0 Å². The highest BCUT2D eigenvalue weighted by molar-refractivity contribution is 5.84. The third-order valence-electron chi connectivity index (χ3n) is 0.478. The van der Waals surface area contributed by atoms with Gasteiger partial charge >= 0.3 is 11.9 Å². The highest BCUT2D eigenvalue weighted by Crippen LogP contribution is 1.79. The van der Waals surface area contributed by atoms with Crippen molar-refractivity contribution in [1.82, 2.24) is 0 Å². The third-order valence-corrected chi connectivity index (χ3v) is 0.478. The van der Waals surface area contributed by atoms with E-state index in [1.54, 1.807) is 0 Å². The Morgan fingerprint density at radius 2 is 1.67 bits per heavy atom. The van der Waals surface area contributed by atoms with E-state index in [1.165, 1.54) is 0 Å². The van der Waals surface area contributed by atoms with E-state index in [2.05, 4.69) is 0 Å². The summed E-state index contributed by atoms with van der Waals surface area (Å²) in [5.74, 6) is -2.32. The van der Waals surface area contributed by atoms with Gasteiger partial charge in [-0.1, -0.05) is 6.08 Å². The van der Waals surface area contributed by atoms with Crippen molar-refractivity contribution >= 4 is 11.9 Å². The normalized spacial score (nSPS) is 9.78. The fraction of sp³-hybridized carbons (Fsp3) is 0. The number of hydrogen-bond donors (Lipinski definition) is 2. The number of carboxylic acid groups (broad SMARTS) is 2. The number of aliphatic carboxylic acids is 2. The smallest absolute Gasteiger partial charge is 0.328 e. The van der Waals surface area contributed by atoms with E-state index in [0.29, 0.717) is 0 Å². The lowest BCUT2D eigenvalue weighted by Gasteiger charge is -1.79. The van der Waals surface area contributed by atoms with Gasteiger partial charge in [-0.05, 0) is 0 Å². The van der Waals surface area contributed by atoms with Gasteiger partial charge in [0.05, 0.1) is 6.42 Å². The topological polar surface area (TPSA) is 74.6 Å². The van der Waals surface area contributed by atoms with Gasteiger partial charge in [-0.15, -0.1) is 0 Å². The summed E-state index contributed by atoms with van der Waals surface area (Å²) in [6.07, 6.45) is 2.44. The number of carbonyl (C=O) groups is 2. The lowest BCUT2D eigenvalue weighted by atomic mass is 10.4. The molecule has 0 spiro atoms. The summed E-state index contributed by atoms with van der Waals surface area (Å²) in [6, 6.07) is 0. The molecule has 4 nitrogen and oxygen atoms in total. The Morgan fingerprint density at radius 1 is 1.11 bits per heavy atom. The average molecular weight is 129 g/mol. The average Bonchev–Trinajstić information content (AvgIpc) is 1.63. The molecule has 9 heavy (non-hydrogen) atoms. The van der Waals surface area contributed by atoms with E-state index in [1.807, 2.05) is 0 Å². The molecule has 0 aliphatic heterocycles. The van der Waals surface area contributed by atoms with Crippen LogP contribution in [0.15, 0.2) is 12.2 Å². The first kappa shape index (κ1) is 7.68. The zero-order valence-electron chi connectivity index (χ0n) is 4.44. The molecule has 1 radical (unpaired) electrons. The molecule has 0 aromatic heterocycles. The van der Waals surface area contributed by atoms with Crippen LogP contribution in [0.3, 0.4) is 0 Å². The monoisotopic (exact) mass is 129 g/mol. The van der Waals surface area contributed by atoms with Gasteiger partial charge in [-0.2, -0.15) is 0 Å². The van der Waals surface area contributed by atoms with Gasteiger partial charge in [0, 0.05) is 6.08 Å². The van der Waals surface area contributed by atoms with Crippen LogP contribution in [0.25, 0.3) is 0 Å². The Bertz CT molecular complexity index is 147. The molecule has 0 aromatic carbocycles. The van der Waals surface area contributed by atoms with Crippen LogP contribution in [0.4, 0.5) is 0 Å². The van der Waals surface area contributed by atoms with Crippen molar-refractivity contribution in [3.05, 3.63) is 18.6 Å². The van der Waals surface area contributed by atoms with Crippen LogP contribution in [-0.4, -0.2) is 22.2 Å². The van der Waals surface area contributed by atoms with Crippen LogP contribution in [-0.2, 0) is 9.59 Å². The number of hydrogen-bond acceptors (Lipinski definition) is 2. The Balaban J connectivity index is 3.48. The van der Waals surface area contributed by atoms with Crippen molar-refractivity contribution in [2.45, 2.75) is 0 Å². The number of carboxylic acids is 2. The Labute approximate surface area is 51.4 Å². The summed E-state index contributed by atoms with van der Waals surface area (Å²) in [4.78, 5) is 19.4. The van der Waals surface area contributed by atoms with Crippen LogP contribution in [0.5, 0.6) is 0 Å². The minimum absolute atomic E-state index is 0.744. The lowest BCUT2D eigenvalue weighted by molar-refractivity contribution is -0.132. The van der Waals surface area contributed by atoms with Crippen LogP contribution >= 0.6 is 0 Å². The molecule has 0 saturated heterocycles. The zero-order chi connectivity index (χ0) is 7.28. The molecule has 0 bridgehead atoms. The van der Waals surface area contributed by atoms with Crippen LogP contribution in [0.1, 0.15) is 0 Å². The van der Waals surface area contributed by atoms with Crippen LogP contribution in [0.2, 0.25) is 0 Å². The summed E-state index contributed by atoms with van der Waals surface area (Å²) in [6.45, 7) is 0. The largest absolute Gasteiger partial charge is 0.481 e. The predicted molar refractivity (Wildman–Crippen MR) is 28.7 cm³/mol. The SMILES string of the molecule is O=C(O)[CH]/C=C/C(=O)O. The molecule has 2 N–H and O–H groups in total. The maximum atomic E-state index is 9.68. The van der Waals surface area contributed by atoms with E-state index in [9.17, 15) is 9.59 Å². The van der Waals surface area contributed by atoms with Crippen molar-refractivity contribution in [1.29, 1.82) is 0 Å². The Kier molecular flexibility index (Phi) is 3.12. The second kappa shape index (κ2) is 3.65. The van der Waals surface area contributed by atoms with Gasteiger partial charge in [-0.25, -0.2) is 4.79 Å². The highest BCUT2D eigenvalue weighted by Gasteiger charge is 1.91. The first-order valence-electron chi connectivity index (χ1n) is 2.10. The highest BCUT2D eigenvalue weighted by atomic mass is 16.4. The molecule has 49 valence electrons. The zero-order valence-corrected chi connectivity index (χ0v) is 4.44. The molecule has 0 fully saturated rings. The lowest BCUT2D eigenvalue weighted by Crippen LogP contribution is -1.93. The minimum atomic E-state index is -1.16. The van der Waals surface area contributed by atoms with Gasteiger partial charge in [0.2, 0.25) is 0 Å². The summed E-state index contributed by atoms with van der Waals surface area (Å²) in [5, 5.41) is 15.9. The molecule has 0 aliphatic carbocycles. The Morgan fingerprint density at radius 3 is 2.00 bits per heavy atom. The van der Waals surface area contributed by atoms with E-state index in [4.69, 9.17) is 10.2 Å². The van der Waals surface area contributed by atoms with E-state index >= 15 is 0 Å². The summed E-state index contributed by atoms with van der Waals surface area (Å²) in [7, 11) is 0. The standard InChI is InChI=1S/C5H5O4/c6-4(7)2-1-3-5(8)9/h1-3H,(H,6,7)(H,8,9)/b2-1+. The van der Waals surface area contributed by atoms with Crippen LogP contribution < -0.4 is 0 Å². The molecule has 0 heterocycles. The maximum Gasteiger partial charge on any atom is 0.328 e. The first-order chi connectivity index (χ1) is 4.13. The molecule has 0 rings (SSSR count). The van der Waals surface area contributed by atoms with Gasteiger partial charge in [0.25, 0.3) is 0 Å². The van der Waals surface area contributed by atoms with Gasteiger partial charge in [0.1, 0.15) is 0 Å². The molecule has 0 aliphatic rings. The minimum Gasteiger partial charge on any atom is -0.481 e. The summed E-state index contributed by atoms with van der Waals surface area (Å²) < 4.78 is 0. The molecular weight excluding hydrogens is 124 g/mol. The van der Waals surface area contributed by atoms with Crippen molar-refractivity contribution in [2.75, 3.05) is 0 Å². The van der Waals surface area contributed by atoms with Crippen molar-refractivity contribution in [2.24, 2.45) is 0 Å². The second-order valence-electron chi connectivity index (χ2n) is 1.20. The van der Waals surface area contributed by atoms with E-state index in [0.717, 1.165) is 18.6 Å². The van der Waals surface area contributed by atoms with Gasteiger partial charge in [0.15, 0.2) is 0 Å². The first-order valence-corrected chi connectivity index (χ1v) is 2.10. The third kappa shape index (κ3) is 6.68. The predicted octanol–water partition coefficient (Wildman–Crippen LogP) is -0.0839. The summed E-state index contributed by atoms with van der Waals surface area (Å²) >= 11 is 0. The maximum absolute atomic E-state index is 9.68. The quantitative estimate of drug-likeness (QED) is 0.522. The molecule has 0 atom stereocenters. The van der Waals surface area contributed by atoms with Crippen LogP contribution in [0, 0.1) is 6.42 Å². The van der Waals surface area contributed by atoms with Gasteiger partial charge < -0.3 is 10.2 Å². The van der Waals surface area contributed by atoms with Gasteiger partial charge in [-0.3, -0.25) is 4.79 Å². The molecule has 0 unspecified atom stereocenters. The molecule has 4 heteroatoms. The fourth-order valence-electron chi connectivity index (χ4n) is 0.213. The van der Waals surface area contributed by atoms with E-state index < -0.39 is 11.9 Å². The van der Waals surface area contributed by atoms with E-state index in [-0.39, 0.29) is 0 Å².